The second kappa shape index (κ2) is 9.93. The Labute approximate surface area is 225 Å². The minimum absolute atomic E-state index is 0.187. The van der Waals surface area contributed by atoms with Crippen LogP contribution in [0.3, 0.4) is 0 Å². The number of hydrogen-bond donors (Lipinski definition) is 0. The highest BCUT2D eigenvalue weighted by molar-refractivity contribution is 7.93. The van der Waals surface area contributed by atoms with Gasteiger partial charge in [-0.15, -0.1) is 0 Å². The number of aryl methyl sites for hydroxylation is 2. The average molecular weight is 547 g/mol. The third kappa shape index (κ3) is 4.59. The van der Waals surface area contributed by atoms with Crippen LogP contribution in [0.5, 0.6) is 0 Å². The highest BCUT2D eigenvalue weighted by Crippen LogP contribution is 2.46. The van der Waals surface area contributed by atoms with Crippen molar-refractivity contribution >= 4 is 31.4 Å². The first kappa shape index (κ1) is 26.0. The Morgan fingerprint density at radius 2 is 1.21 bits per heavy atom. The molecule has 5 rings (SSSR count). The van der Waals surface area contributed by atoms with Crippen molar-refractivity contribution in [1.82, 2.24) is 0 Å². The molecule has 0 bridgehead atoms. The molecule has 4 aromatic rings. The first-order valence-corrected chi connectivity index (χ1v) is 15.3. The van der Waals surface area contributed by atoms with Gasteiger partial charge in [0.25, 0.3) is 20.0 Å². The van der Waals surface area contributed by atoms with Gasteiger partial charge in [0, 0.05) is 11.6 Å². The summed E-state index contributed by atoms with van der Waals surface area (Å²) in [6, 6.07) is 28.7. The second-order valence-electron chi connectivity index (χ2n) is 9.72. The molecule has 0 amide bonds. The van der Waals surface area contributed by atoms with E-state index in [2.05, 4.69) is 0 Å². The van der Waals surface area contributed by atoms with Crippen LogP contribution < -0.4 is 8.61 Å². The van der Waals surface area contributed by atoms with Crippen molar-refractivity contribution in [3.63, 3.8) is 0 Å². The maximum Gasteiger partial charge on any atom is 0.264 e. The molecule has 0 N–H and O–H groups in total. The summed E-state index contributed by atoms with van der Waals surface area (Å²) >= 11 is 0. The highest BCUT2D eigenvalue weighted by Gasteiger charge is 2.43. The van der Waals surface area contributed by atoms with Crippen molar-refractivity contribution in [3.8, 4) is 0 Å². The number of hydrogen-bond acceptors (Lipinski definition) is 4. The lowest BCUT2D eigenvalue weighted by molar-refractivity contribution is 0.511. The van der Waals surface area contributed by atoms with Crippen molar-refractivity contribution in [2.45, 2.75) is 49.1 Å². The molecular weight excluding hydrogens is 516 g/mol. The van der Waals surface area contributed by atoms with Crippen LogP contribution in [0.2, 0.25) is 0 Å². The van der Waals surface area contributed by atoms with Crippen molar-refractivity contribution in [2.75, 3.05) is 8.61 Å². The van der Waals surface area contributed by atoms with E-state index >= 15 is 0 Å². The molecule has 0 saturated heterocycles. The van der Waals surface area contributed by atoms with Crippen LogP contribution in [0.15, 0.2) is 113 Å². The molecule has 8 heteroatoms. The van der Waals surface area contributed by atoms with Gasteiger partial charge in [-0.3, -0.25) is 8.61 Å². The molecule has 2 atom stereocenters. The van der Waals surface area contributed by atoms with E-state index < -0.39 is 32.1 Å². The zero-order chi connectivity index (χ0) is 27.1. The smallest absolute Gasteiger partial charge is 0.263 e. The van der Waals surface area contributed by atoms with Gasteiger partial charge in [0.2, 0.25) is 0 Å². The molecule has 4 aromatic carbocycles. The topological polar surface area (TPSA) is 74.8 Å². The van der Waals surface area contributed by atoms with Gasteiger partial charge in [-0.05, 0) is 69.7 Å². The standard InChI is InChI=1S/C30H30N2O4S2/c1-22-13-17-26(18-14-22)37(33,34)31-24(3)21-30(28-11-7-8-12-29(28)31)32(25-9-5-4-6-10-25)38(35,36)27-19-15-23(2)16-20-27/h4-20,24,30H,21H2,1-3H3/t24-,30-/m0/s1. The minimum atomic E-state index is -3.98. The number of para-hydroxylation sites is 2. The summed E-state index contributed by atoms with van der Waals surface area (Å²) in [7, 11) is -7.86. The van der Waals surface area contributed by atoms with Crippen LogP contribution in [0.1, 0.15) is 36.1 Å². The second-order valence-corrected chi connectivity index (χ2v) is 13.4. The molecule has 6 nitrogen and oxygen atoms in total. The van der Waals surface area contributed by atoms with Crippen LogP contribution >= 0.6 is 0 Å². The molecule has 38 heavy (non-hydrogen) atoms. The minimum Gasteiger partial charge on any atom is -0.263 e. The van der Waals surface area contributed by atoms with Gasteiger partial charge >= 0.3 is 0 Å². The van der Waals surface area contributed by atoms with Crippen molar-refractivity contribution < 1.29 is 16.8 Å². The number of rotatable bonds is 6. The molecule has 0 aromatic heterocycles. The van der Waals surface area contributed by atoms with Gasteiger partial charge in [-0.1, -0.05) is 71.8 Å². The van der Waals surface area contributed by atoms with Crippen LogP contribution in [0.25, 0.3) is 0 Å². The van der Waals surface area contributed by atoms with E-state index in [-0.39, 0.29) is 16.2 Å². The van der Waals surface area contributed by atoms with E-state index in [1.807, 2.05) is 39.0 Å². The molecule has 0 unspecified atom stereocenters. The first-order valence-electron chi connectivity index (χ1n) is 12.5. The number of fused-ring (bicyclic) bond motifs is 1. The van der Waals surface area contributed by atoms with E-state index in [4.69, 9.17) is 0 Å². The monoisotopic (exact) mass is 546 g/mol. The lowest BCUT2D eigenvalue weighted by atomic mass is 9.93. The summed E-state index contributed by atoms with van der Waals surface area (Å²) in [4.78, 5) is 0.391. The van der Waals surface area contributed by atoms with Crippen LogP contribution in [-0.4, -0.2) is 22.9 Å². The molecule has 1 aliphatic heterocycles. The number of nitrogens with zero attached hydrogens (tertiary/aromatic N) is 2. The van der Waals surface area contributed by atoms with Gasteiger partial charge in [0.05, 0.1) is 27.2 Å². The Morgan fingerprint density at radius 1 is 0.684 bits per heavy atom. The summed E-state index contributed by atoms with van der Waals surface area (Å²) in [6.07, 6.45) is 0.280. The third-order valence-corrected chi connectivity index (χ3v) is 10.7. The van der Waals surface area contributed by atoms with E-state index in [0.29, 0.717) is 16.9 Å². The molecule has 0 saturated carbocycles. The average Bonchev–Trinajstić information content (AvgIpc) is 2.89. The quantitative estimate of drug-likeness (QED) is 0.287. The van der Waals surface area contributed by atoms with Crippen LogP contribution in [-0.2, 0) is 20.0 Å². The van der Waals surface area contributed by atoms with E-state index in [0.717, 1.165) is 11.1 Å². The summed E-state index contributed by atoms with van der Waals surface area (Å²) in [5.74, 6) is 0. The van der Waals surface area contributed by atoms with E-state index in [1.165, 1.54) is 8.61 Å². The zero-order valence-corrected chi connectivity index (χ0v) is 23.2. The number of sulfonamides is 2. The predicted octanol–water partition coefficient (Wildman–Crippen LogP) is 6.23. The summed E-state index contributed by atoms with van der Waals surface area (Å²) in [5.41, 5.74) is 3.58. The van der Waals surface area contributed by atoms with Gasteiger partial charge < -0.3 is 0 Å². The van der Waals surface area contributed by atoms with Gasteiger partial charge in [-0.25, -0.2) is 16.8 Å². The van der Waals surface area contributed by atoms with E-state index in [9.17, 15) is 16.8 Å². The number of benzene rings is 4. The Hall–Kier alpha value is -3.62. The molecule has 0 spiro atoms. The fourth-order valence-corrected chi connectivity index (χ4v) is 8.38. The van der Waals surface area contributed by atoms with Gasteiger partial charge in [-0.2, -0.15) is 0 Å². The Kier molecular flexibility index (Phi) is 6.79. The molecular formula is C30H30N2O4S2. The van der Waals surface area contributed by atoms with Crippen molar-refractivity contribution in [2.24, 2.45) is 0 Å². The normalized spacial score (nSPS) is 17.6. The fourth-order valence-electron chi connectivity index (χ4n) is 5.05. The maximum absolute atomic E-state index is 14.2. The Morgan fingerprint density at radius 3 is 1.82 bits per heavy atom. The van der Waals surface area contributed by atoms with Crippen molar-refractivity contribution in [3.05, 3.63) is 120 Å². The van der Waals surface area contributed by atoms with Gasteiger partial charge in [0.15, 0.2) is 0 Å². The summed E-state index contributed by atoms with van der Waals surface area (Å²) in [5, 5.41) is 0. The Balaban J connectivity index is 1.68. The fraction of sp³-hybridized carbons (Fsp3) is 0.200. The number of anilines is 2. The summed E-state index contributed by atoms with van der Waals surface area (Å²) in [6.45, 7) is 5.65. The zero-order valence-electron chi connectivity index (χ0n) is 21.5. The lowest BCUT2D eigenvalue weighted by Crippen LogP contribution is -2.47. The molecule has 1 aliphatic rings. The van der Waals surface area contributed by atoms with Crippen molar-refractivity contribution in [1.29, 1.82) is 0 Å². The predicted molar refractivity (Wildman–Crippen MR) is 151 cm³/mol. The first-order chi connectivity index (χ1) is 18.1. The highest BCUT2D eigenvalue weighted by atomic mass is 32.2. The molecule has 0 radical (unpaired) electrons. The molecule has 1 heterocycles. The lowest BCUT2D eigenvalue weighted by Gasteiger charge is -2.43. The molecule has 196 valence electrons. The Bertz CT molecular complexity index is 1650. The molecule has 0 fully saturated rings. The summed E-state index contributed by atoms with van der Waals surface area (Å²) < 4.78 is 59.0. The third-order valence-electron chi connectivity index (χ3n) is 6.95. The maximum atomic E-state index is 14.2. The van der Waals surface area contributed by atoms with E-state index in [1.54, 1.807) is 84.9 Å². The van der Waals surface area contributed by atoms with Crippen LogP contribution in [0.4, 0.5) is 11.4 Å². The largest absolute Gasteiger partial charge is 0.264 e. The SMILES string of the molecule is Cc1ccc(S(=O)(=O)N2c3ccccc3[C@@H](N(c3ccccc3)S(=O)(=O)c3ccc(C)cc3)C[C@@H]2C)cc1. The van der Waals surface area contributed by atoms with Crippen LogP contribution in [0, 0.1) is 13.8 Å². The van der Waals surface area contributed by atoms with Gasteiger partial charge in [0.1, 0.15) is 0 Å². The molecule has 0 aliphatic carbocycles.